The third kappa shape index (κ3) is 2.46. The Labute approximate surface area is 79.7 Å². The molecule has 0 aliphatic rings. The average molecular weight is 179 g/mol. The fourth-order valence-corrected chi connectivity index (χ4v) is 1.27. The molecule has 0 amide bonds. The van der Waals surface area contributed by atoms with Crippen LogP contribution in [0.15, 0.2) is 18.2 Å². The molecule has 0 fully saturated rings. The van der Waals surface area contributed by atoms with Crippen molar-refractivity contribution in [3.63, 3.8) is 0 Å². The Morgan fingerprint density at radius 1 is 1.46 bits per heavy atom. The largest absolute Gasteiger partial charge is 0.494 e. The van der Waals surface area contributed by atoms with Crippen molar-refractivity contribution in [2.24, 2.45) is 5.73 Å². The molecule has 0 aliphatic heterocycles. The smallest absolute Gasteiger partial charge is 0.122 e. The second-order valence-corrected chi connectivity index (χ2v) is 3.25. The molecule has 0 spiro atoms. The van der Waals surface area contributed by atoms with Crippen LogP contribution >= 0.6 is 0 Å². The van der Waals surface area contributed by atoms with E-state index in [4.69, 9.17) is 10.5 Å². The van der Waals surface area contributed by atoms with Gasteiger partial charge in [-0.25, -0.2) is 0 Å². The van der Waals surface area contributed by atoms with E-state index in [0.717, 1.165) is 16.9 Å². The van der Waals surface area contributed by atoms with Crippen LogP contribution in [-0.2, 0) is 0 Å². The molecule has 1 atom stereocenters. The minimum absolute atomic E-state index is 0.0920. The lowest BCUT2D eigenvalue weighted by Gasteiger charge is -2.10. The first-order chi connectivity index (χ1) is 6.15. The lowest BCUT2D eigenvalue weighted by molar-refractivity contribution is 0.337. The molecule has 1 aromatic carbocycles. The number of rotatable bonds is 3. The Bertz CT molecular complexity index is 281. The van der Waals surface area contributed by atoms with Crippen LogP contribution in [0.4, 0.5) is 0 Å². The summed E-state index contributed by atoms with van der Waals surface area (Å²) in [5.41, 5.74) is 8.07. The normalized spacial score (nSPS) is 12.6. The van der Waals surface area contributed by atoms with Crippen LogP contribution < -0.4 is 10.5 Å². The van der Waals surface area contributed by atoms with E-state index in [2.05, 4.69) is 6.07 Å². The molecule has 72 valence electrons. The van der Waals surface area contributed by atoms with Gasteiger partial charge in [-0.15, -0.1) is 0 Å². The van der Waals surface area contributed by atoms with Crippen molar-refractivity contribution in [1.82, 2.24) is 0 Å². The van der Waals surface area contributed by atoms with E-state index in [9.17, 15) is 0 Å². The molecule has 2 nitrogen and oxygen atoms in total. The summed E-state index contributed by atoms with van der Waals surface area (Å²) in [6.45, 7) is 6.71. The maximum Gasteiger partial charge on any atom is 0.122 e. The van der Waals surface area contributed by atoms with Crippen LogP contribution in [0.3, 0.4) is 0 Å². The molecule has 0 aliphatic carbocycles. The lowest BCUT2D eigenvalue weighted by Crippen LogP contribution is -2.05. The highest BCUT2D eigenvalue weighted by Crippen LogP contribution is 2.21. The zero-order valence-electron chi connectivity index (χ0n) is 8.50. The maximum absolute atomic E-state index is 5.77. The van der Waals surface area contributed by atoms with Gasteiger partial charge in [0.25, 0.3) is 0 Å². The molecule has 1 aromatic rings. The molecule has 1 rings (SSSR count). The minimum Gasteiger partial charge on any atom is -0.494 e. The maximum atomic E-state index is 5.77. The molecule has 13 heavy (non-hydrogen) atoms. The second-order valence-electron chi connectivity index (χ2n) is 3.25. The van der Waals surface area contributed by atoms with Crippen molar-refractivity contribution in [3.8, 4) is 5.75 Å². The van der Waals surface area contributed by atoms with Gasteiger partial charge in [-0.3, -0.25) is 0 Å². The van der Waals surface area contributed by atoms with Crippen LogP contribution in [0.1, 0.15) is 31.0 Å². The Balaban J connectivity index is 2.92. The molecular formula is C11H17NO. The summed E-state index contributed by atoms with van der Waals surface area (Å²) >= 11 is 0. The van der Waals surface area contributed by atoms with E-state index >= 15 is 0 Å². The number of aryl methyl sites for hydroxylation is 1. The molecule has 0 aromatic heterocycles. The van der Waals surface area contributed by atoms with E-state index in [1.54, 1.807) is 0 Å². The molecule has 0 unspecified atom stereocenters. The van der Waals surface area contributed by atoms with Crippen molar-refractivity contribution >= 4 is 0 Å². The Hall–Kier alpha value is -1.02. The van der Waals surface area contributed by atoms with E-state index in [1.807, 2.05) is 32.9 Å². The van der Waals surface area contributed by atoms with Crippen molar-refractivity contribution in [1.29, 1.82) is 0 Å². The van der Waals surface area contributed by atoms with E-state index in [1.165, 1.54) is 0 Å². The summed E-state index contributed by atoms with van der Waals surface area (Å²) in [6, 6.07) is 6.17. The highest BCUT2D eigenvalue weighted by molar-refractivity contribution is 5.37. The topological polar surface area (TPSA) is 35.2 Å². The van der Waals surface area contributed by atoms with E-state index in [-0.39, 0.29) is 6.04 Å². The van der Waals surface area contributed by atoms with Gasteiger partial charge in [0, 0.05) is 6.04 Å². The Morgan fingerprint density at radius 3 is 2.62 bits per heavy atom. The van der Waals surface area contributed by atoms with Crippen LogP contribution in [0.2, 0.25) is 0 Å². The standard InChI is InChI=1S/C11H17NO/c1-4-13-11-6-5-10(9(3)12)7-8(11)2/h5-7,9H,4,12H2,1-3H3/t9-/m1/s1. The molecule has 0 radical (unpaired) electrons. The zero-order valence-corrected chi connectivity index (χ0v) is 8.50. The number of hydrogen-bond acceptors (Lipinski definition) is 2. The quantitative estimate of drug-likeness (QED) is 0.773. The number of nitrogens with two attached hydrogens (primary N) is 1. The second kappa shape index (κ2) is 4.28. The van der Waals surface area contributed by atoms with Gasteiger partial charge < -0.3 is 10.5 Å². The van der Waals surface area contributed by atoms with Crippen molar-refractivity contribution in [2.45, 2.75) is 26.8 Å². The number of ether oxygens (including phenoxy) is 1. The fraction of sp³-hybridized carbons (Fsp3) is 0.455. The van der Waals surface area contributed by atoms with Gasteiger partial charge >= 0.3 is 0 Å². The minimum atomic E-state index is 0.0920. The molecule has 0 saturated heterocycles. The van der Waals surface area contributed by atoms with Crippen LogP contribution in [-0.4, -0.2) is 6.61 Å². The first-order valence-electron chi connectivity index (χ1n) is 4.64. The first-order valence-corrected chi connectivity index (χ1v) is 4.64. The summed E-state index contributed by atoms with van der Waals surface area (Å²) in [4.78, 5) is 0. The zero-order chi connectivity index (χ0) is 9.84. The highest BCUT2D eigenvalue weighted by atomic mass is 16.5. The summed E-state index contributed by atoms with van der Waals surface area (Å²) < 4.78 is 5.43. The predicted molar refractivity (Wildman–Crippen MR) is 55.0 cm³/mol. The van der Waals surface area contributed by atoms with Gasteiger partial charge in [0.2, 0.25) is 0 Å². The third-order valence-electron chi connectivity index (χ3n) is 2.02. The summed E-state index contributed by atoms with van der Waals surface area (Å²) in [7, 11) is 0. The highest BCUT2D eigenvalue weighted by Gasteiger charge is 2.03. The van der Waals surface area contributed by atoms with Crippen LogP contribution in [0.5, 0.6) is 5.75 Å². The molecule has 0 heterocycles. The van der Waals surface area contributed by atoms with Gasteiger partial charge in [0.1, 0.15) is 5.75 Å². The Morgan fingerprint density at radius 2 is 2.15 bits per heavy atom. The molecule has 2 N–H and O–H groups in total. The van der Waals surface area contributed by atoms with Crippen molar-refractivity contribution < 1.29 is 4.74 Å². The monoisotopic (exact) mass is 179 g/mol. The van der Waals surface area contributed by atoms with E-state index < -0.39 is 0 Å². The van der Waals surface area contributed by atoms with Gasteiger partial charge in [-0.2, -0.15) is 0 Å². The molecule has 0 bridgehead atoms. The van der Waals surface area contributed by atoms with Crippen molar-refractivity contribution in [2.75, 3.05) is 6.61 Å². The van der Waals surface area contributed by atoms with Crippen LogP contribution in [0.25, 0.3) is 0 Å². The molecule has 0 saturated carbocycles. The molecular weight excluding hydrogens is 162 g/mol. The number of hydrogen-bond donors (Lipinski definition) is 1. The first kappa shape index (κ1) is 10.1. The summed E-state index contributed by atoms with van der Waals surface area (Å²) in [6.07, 6.45) is 0. The van der Waals surface area contributed by atoms with Gasteiger partial charge in [-0.05, 0) is 38.0 Å². The SMILES string of the molecule is CCOc1ccc([C@@H](C)N)cc1C. The van der Waals surface area contributed by atoms with Crippen molar-refractivity contribution in [3.05, 3.63) is 29.3 Å². The van der Waals surface area contributed by atoms with E-state index in [0.29, 0.717) is 6.61 Å². The number of benzene rings is 1. The predicted octanol–water partition coefficient (Wildman–Crippen LogP) is 2.41. The van der Waals surface area contributed by atoms with Crippen LogP contribution in [0, 0.1) is 6.92 Å². The third-order valence-corrected chi connectivity index (χ3v) is 2.02. The van der Waals surface area contributed by atoms with Gasteiger partial charge in [0.15, 0.2) is 0 Å². The fourth-order valence-electron chi connectivity index (χ4n) is 1.27. The Kier molecular flexibility index (Phi) is 3.32. The summed E-state index contributed by atoms with van der Waals surface area (Å²) in [5.74, 6) is 0.951. The lowest BCUT2D eigenvalue weighted by atomic mass is 10.1. The summed E-state index contributed by atoms with van der Waals surface area (Å²) in [5, 5.41) is 0. The average Bonchev–Trinajstić information content (AvgIpc) is 2.08. The van der Waals surface area contributed by atoms with Gasteiger partial charge in [0.05, 0.1) is 6.61 Å². The van der Waals surface area contributed by atoms with Gasteiger partial charge in [-0.1, -0.05) is 12.1 Å². The molecule has 2 heteroatoms.